The standard InChI is InChI=1S/C22H25N3O3/c23-20-17(25-10-5-1-2-6-11-25)13-16(24-9-12-26)18-19(20)22(28)15-8-4-3-7-14(15)21(18)27/h3-4,7-8,13,24,26H,1-2,5-6,9-12,23H2. The Morgan fingerprint density at radius 2 is 1.57 bits per heavy atom. The highest BCUT2D eigenvalue weighted by atomic mass is 16.3. The van der Waals surface area contributed by atoms with Gasteiger partial charge in [-0.2, -0.15) is 0 Å². The Balaban J connectivity index is 1.90. The molecule has 0 bridgehead atoms. The molecule has 2 aromatic carbocycles. The van der Waals surface area contributed by atoms with Crippen molar-refractivity contribution in [3.8, 4) is 0 Å². The van der Waals surface area contributed by atoms with Gasteiger partial charge >= 0.3 is 0 Å². The van der Waals surface area contributed by atoms with E-state index in [-0.39, 0.29) is 23.7 Å². The molecule has 4 rings (SSSR count). The molecule has 0 atom stereocenters. The topological polar surface area (TPSA) is 95.7 Å². The number of aliphatic hydroxyl groups is 1. The Morgan fingerprint density at radius 1 is 0.964 bits per heavy atom. The summed E-state index contributed by atoms with van der Waals surface area (Å²) < 4.78 is 0. The molecule has 0 saturated carbocycles. The van der Waals surface area contributed by atoms with Gasteiger partial charge in [-0.15, -0.1) is 0 Å². The Hall–Kier alpha value is -2.86. The molecule has 1 aliphatic heterocycles. The molecule has 1 heterocycles. The summed E-state index contributed by atoms with van der Waals surface area (Å²) in [6, 6.07) is 8.73. The maximum atomic E-state index is 13.3. The zero-order valence-electron chi connectivity index (χ0n) is 15.8. The van der Waals surface area contributed by atoms with Gasteiger partial charge in [0.1, 0.15) is 0 Å². The number of fused-ring (bicyclic) bond motifs is 2. The van der Waals surface area contributed by atoms with E-state index in [1.165, 1.54) is 12.8 Å². The number of anilines is 3. The fourth-order valence-electron chi connectivity index (χ4n) is 4.21. The Morgan fingerprint density at radius 3 is 2.18 bits per heavy atom. The normalized spacial score (nSPS) is 16.4. The third-order valence-electron chi connectivity index (χ3n) is 5.59. The Labute approximate surface area is 164 Å². The second-order valence-corrected chi connectivity index (χ2v) is 7.36. The van der Waals surface area contributed by atoms with Crippen LogP contribution in [0.5, 0.6) is 0 Å². The molecule has 0 radical (unpaired) electrons. The average Bonchev–Trinajstić information content (AvgIpc) is 3.00. The van der Waals surface area contributed by atoms with Gasteiger partial charge in [0.15, 0.2) is 11.6 Å². The minimum atomic E-state index is -0.216. The number of hydrogen-bond donors (Lipinski definition) is 3. The van der Waals surface area contributed by atoms with Crippen LogP contribution in [-0.4, -0.2) is 42.9 Å². The van der Waals surface area contributed by atoms with Gasteiger partial charge in [0, 0.05) is 36.4 Å². The van der Waals surface area contributed by atoms with Crippen molar-refractivity contribution in [2.24, 2.45) is 0 Å². The molecule has 6 heteroatoms. The average molecular weight is 379 g/mol. The fourth-order valence-corrected chi connectivity index (χ4v) is 4.21. The zero-order chi connectivity index (χ0) is 19.7. The van der Waals surface area contributed by atoms with E-state index in [9.17, 15) is 14.7 Å². The maximum Gasteiger partial charge on any atom is 0.196 e. The van der Waals surface area contributed by atoms with Crippen molar-refractivity contribution in [1.82, 2.24) is 0 Å². The molecule has 0 spiro atoms. The lowest BCUT2D eigenvalue weighted by Crippen LogP contribution is -2.29. The number of hydrogen-bond acceptors (Lipinski definition) is 6. The van der Waals surface area contributed by atoms with E-state index in [1.807, 2.05) is 6.07 Å². The Bertz CT molecular complexity index is 931. The second kappa shape index (κ2) is 7.64. The third-order valence-corrected chi connectivity index (χ3v) is 5.59. The smallest absolute Gasteiger partial charge is 0.196 e. The summed E-state index contributed by atoms with van der Waals surface area (Å²) in [4.78, 5) is 28.7. The number of aliphatic hydroxyl groups excluding tert-OH is 1. The third kappa shape index (κ3) is 3.03. The van der Waals surface area contributed by atoms with Gasteiger partial charge in [-0.3, -0.25) is 9.59 Å². The summed E-state index contributed by atoms with van der Waals surface area (Å²) in [6.07, 6.45) is 4.51. The number of carbonyl (C=O) groups excluding carboxylic acids is 2. The molecule has 0 amide bonds. The zero-order valence-corrected chi connectivity index (χ0v) is 15.8. The van der Waals surface area contributed by atoms with E-state index in [0.717, 1.165) is 31.6 Å². The molecule has 2 aromatic rings. The van der Waals surface area contributed by atoms with Crippen LogP contribution in [0.4, 0.5) is 17.1 Å². The number of rotatable bonds is 4. The van der Waals surface area contributed by atoms with E-state index in [1.54, 1.807) is 24.3 Å². The van der Waals surface area contributed by atoms with Crippen molar-refractivity contribution in [2.45, 2.75) is 25.7 Å². The van der Waals surface area contributed by atoms with Crippen LogP contribution in [-0.2, 0) is 0 Å². The van der Waals surface area contributed by atoms with Crippen LogP contribution in [0, 0.1) is 0 Å². The molecule has 146 valence electrons. The largest absolute Gasteiger partial charge is 0.396 e. The number of nitrogen functional groups attached to an aromatic ring is 1. The predicted octanol–water partition coefficient (Wildman–Crippen LogP) is 2.83. The molecule has 1 saturated heterocycles. The van der Waals surface area contributed by atoms with Crippen LogP contribution >= 0.6 is 0 Å². The number of nitrogens with one attached hydrogen (secondary N) is 1. The first kappa shape index (κ1) is 18.5. The predicted molar refractivity (Wildman–Crippen MR) is 110 cm³/mol. The van der Waals surface area contributed by atoms with Crippen molar-refractivity contribution >= 4 is 28.6 Å². The molecule has 6 nitrogen and oxygen atoms in total. The van der Waals surface area contributed by atoms with Gasteiger partial charge in [0.25, 0.3) is 0 Å². The van der Waals surface area contributed by atoms with Crippen molar-refractivity contribution in [2.75, 3.05) is 42.2 Å². The van der Waals surface area contributed by atoms with Crippen LogP contribution in [0.15, 0.2) is 30.3 Å². The molecule has 4 N–H and O–H groups in total. The highest BCUT2D eigenvalue weighted by Crippen LogP contribution is 2.41. The van der Waals surface area contributed by atoms with Gasteiger partial charge < -0.3 is 21.1 Å². The maximum absolute atomic E-state index is 13.3. The Kier molecular flexibility index (Phi) is 5.05. The van der Waals surface area contributed by atoms with E-state index >= 15 is 0 Å². The first-order chi connectivity index (χ1) is 13.6. The molecular formula is C22H25N3O3. The monoisotopic (exact) mass is 379 g/mol. The summed E-state index contributed by atoms with van der Waals surface area (Å²) in [7, 11) is 0. The van der Waals surface area contributed by atoms with Gasteiger partial charge in [0.05, 0.1) is 29.1 Å². The van der Waals surface area contributed by atoms with Crippen molar-refractivity contribution in [3.05, 3.63) is 52.6 Å². The number of benzene rings is 2. The first-order valence-corrected chi connectivity index (χ1v) is 9.88. The van der Waals surface area contributed by atoms with Crippen LogP contribution in [0.3, 0.4) is 0 Å². The SMILES string of the molecule is Nc1c(N2CCCCCC2)cc(NCCO)c2c1C(=O)c1ccccc1C2=O. The summed E-state index contributed by atoms with van der Waals surface area (Å²) >= 11 is 0. The highest BCUT2D eigenvalue weighted by Gasteiger charge is 2.35. The highest BCUT2D eigenvalue weighted by molar-refractivity contribution is 6.32. The van der Waals surface area contributed by atoms with Crippen molar-refractivity contribution in [1.29, 1.82) is 0 Å². The molecule has 1 fully saturated rings. The van der Waals surface area contributed by atoms with Crippen molar-refractivity contribution < 1.29 is 14.7 Å². The quantitative estimate of drug-likeness (QED) is 0.603. The number of carbonyl (C=O) groups is 2. The summed E-state index contributed by atoms with van der Waals surface area (Å²) in [5.74, 6) is -0.425. The summed E-state index contributed by atoms with van der Waals surface area (Å²) in [5, 5.41) is 12.4. The molecule has 0 unspecified atom stereocenters. The summed E-state index contributed by atoms with van der Waals surface area (Å²) in [5.41, 5.74) is 9.62. The minimum absolute atomic E-state index is 0.0725. The number of ketones is 2. The van der Waals surface area contributed by atoms with Crippen LogP contribution in [0.2, 0.25) is 0 Å². The van der Waals surface area contributed by atoms with E-state index < -0.39 is 0 Å². The van der Waals surface area contributed by atoms with Gasteiger partial charge in [0.2, 0.25) is 0 Å². The molecule has 2 aliphatic rings. The molecule has 1 aliphatic carbocycles. The first-order valence-electron chi connectivity index (χ1n) is 9.88. The van der Waals surface area contributed by atoms with Gasteiger partial charge in [-0.05, 0) is 18.9 Å². The molecular weight excluding hydrogens is 354 g/mol. The van der Waals surface area contributed by atoms with Gasteiger partial charge in [-0.1, -0.05) is 37.1 Å². The lowest BCUT2D eigenvalue weighted by atomic mass is 9.81. The van der Waals surface area contributed by atoms with Crippen LogP contribution in [0.1, 0.15) is 57.5 Å². The van der Waals surface area contributed by atoms with E-state index in [4.69, 9.17) is 5.73 Å². The van der Waals surface area contributed by atoms with Crippen LogP contribution < -0.4 is 16.0 Å². The molecule has 0 aromatic heterocycles. The minimum Gasteiger partial charge on any atom is -0.396 e. The lowest BCUT2D eigenvalue weighted by molar-refractivity contribution is 0.0980. The number of nitrogens with two attached hydrogens (primary N) is 1. The fraction of sp³-hybridized carbons (Fsp3) is 0.364. The van der Waals surface area contributed by atoms with E-state index in [0.29, 0.717) is 34.6 Å². The summed E-state index contributed by atoms with van der Waals surface area (Å²) in [6.45, 7) is 1.97. The van der Waals surface area contributed by atoms with Crippen LogP contribution in [0.25, 0.3) is 0 Å². The van der Waals surface area contributed by atoms with Crippen molar-refractivity contribution in [3.63, 3.8) is 0 Å². The lowest BCUT2D eigenvalue weighted by Gasteiger charge is -2.29. The second-order valence-electron chi connectivity index (χ2n) is 7.36. The molecule has 28 heavy (non-hydrogen) atoms. The van der Waals surface area contributed by atoms with E-state index in [2.05, 4.69) is 10.2 Å². The number of nitrogens with zero attached hydrogens (tertiary/aromatic N) is 1. The van der Waals surface area contributed by atoms with Gasteiger partial charge in [-0.25, -0.2) is 0 Å².